The fourth-order valence-corrected chi connectivity index (χ4v) is 1.73. The zero-order valence-electron chi connectivity index (χ0n) is 12.1. The molecule has 4 N–H and O–H groups in total. The Morgan fingerprint density at radius 2 is 2.05 bits per heavy atom. The van der Waals surface area contributed by atoms with Gasteiger partial charge in [-0.25, -0.2) is 15.8 Å². The number of nitrogens with zero attached hydrogens (tertiary/aromatic N) is 3. The maximum atomic E-state index is 8.76. The van der Waals surface area contributed by atoms with Crippen molar-refractivity contribution in [3.8, 4) is 0 Å². The van der Waals surface area contributed by atoms with Crippen molar-refractivity contribution in [1.29, 1.82) is 0 Å². The second-order valence-electron chi connectivity index (χ2n) is 4.97. The van der Waals surface area contributed by atoms with Crippen molar-refractivity contribution in [1.82, 2.24) is 9.97 Å². The first-order valence-corrected chi connectivity index (χ1v) is 6.76. The van der Waals surface area contributed by atoms with E-state index in [1.54, 1.807) is 0 Å². The van der Waals surface area contributed by atoms with Crippen LogP contribution in [0.5, 0.6) is 0 Å². The van der Waals surface area contributed by atoms with E-state index in [9.17, 15) is 0 Å². The number of aliphatic hydroxyl groups is 1. The summed E-state index contributed by atoms with van der Waals surface area (Å²) in [5.74, 6) is 7.99. The highest BCUT2D eigenvalue weighted by atomic mass is 16.2. The molecule has 0 radical (unpaired) electrons. The molecule has 0 aliphatic rings. The summed E-state index contributed by atoms with van der Waals surface area (Å²) in [6.45, 7) is 5.27. The molecule has 1 aromatic rings. The third kappa shape index (κ3) is 5.00. The molecule has 108 valence electrons. The number of rotatable bonds is 8. The largest absolute Gasteiger partial charge is 0.396 e. The van der Waals surface area contributed by atoms with Gasteiger partial charge in [-0.3, -0.25) is 0 Å². The van der Waals surface area contributed by atoms with Gasteiger partial charge in [0.05, 0.1) is 0 Å². The van der Waals surface area contributed by atoms with Gasteiger partial charge < -0.3 is 15.4 Å². The Morgan fingerprint density at radius 3 is 2.63 bits per heavy atom. The average molecular weight is 267 g/mol. The third-order valence-electron chi connectivity index (χ3n) is 2.94. The minimum Gasteiger partial charge on any atom is -0.396 e. The zero-order valence-corrected chi connectivity index (χ0v) is 12.1. The number of nitrogens with one attached hydrogen (secondary N) is 1. The quantitative estimate of drug-likeness (QED) is 0.376. The predicted octanol–water partition coefficient (Wildman–Crippen LogP) is 1.48. The summed E-state index contributed by atoms with van der Waals surface area (Å²) in [6.07, 6.45) is 2.90. The summed E-state index contributed by atoms with van der Waals surface area (Å²) in [4.78, 5) is 11.0. The first-order chi connectivity index (χ1) is 9.08. The Kier molecular flexibility index (Phi) is 6.52. The van der Waals surface area contributed by atoms with Crippen LogP contribution in [0.2, 0.25) is 0 Å². The second-order valence-corrected chi connectivity index (χ2v) is 4.97. The lowest BCUT2D eigenvalue weighted by Crippen LogP contribution is -2.22. The molecule has 0 bridgehead atoms. The fourth-order valence-electron chi connectivity index (χ4n) is 1.73. The lowest BCUT2D eigenvalue weighted by Gasteiger charge is -2.20. The molecule has 0 spiro atoms. The molecule has 1 rings (SSSR count). The smallest absolute Gasteiger partial charge is 0.145 e. The highest BCUT2D eigenvalue weighted by molar-refractivity contribution is 5.48. The Morgan fingerprint density at radius 1 is 1.32 bits per heavy atom. The summed E-state index contributed by atoms with van der Waals surface area (Å²) in [6, 6.07) is 1.85. The van der Waals surface area contributed by atoms with Crippen LogP contribution in [-0.4, -0.2) is 35.3 Å². The van der Waals surface area contributed by atoms with E-state index in [2.05, 4.69) is 34.1 Å². The van der Waals surface area contributed by atoms with Crippen LogP contribution in [0, 0.1) is 0 Å². The van der Waals surface area contributed by atoms with Crippen LogP contribution in [-0.2, 0) is 0 Å². The number of hydrazine groups is 1. The normalized spacial score (nSPS) is 10.8. The van der Waals surface area contributed by atoms with Crippen LogP contribution in [0.25, 0.3) is 0 Å². The Bertz CT molecular complexity index is 383. The number of nitrogen functional groups attached to an aromatic ring is 1. The van der Waals surface area contributed by atoms with Crippen molar-refractivity contribution in [2.45, 2.75) is 39.0 Å². The average Bonchev–Trinajstić information content (AvgIpc) is 2.42. The molecule has 0 aliphatic heterocycles. The number of unbranched alkanes of at least 4 members (excludes halogenated alkanes) is 2. The van der Waals surface area contributed by atoms with E-state index in [4.69, 9.17) is 10.9 Å². The molecule has 0 aromatic carbocycles. The van der Waals surface area contributed by atoms with Crippen LogP contribution >= 0.6 is 0 Å². The van der Waals surface area contributed by atoms with Crippen LogP contribution in [0.4, 0.5) is 11.6 Å². The molecular formula is C13H25N5O. The first-order valence-electron chi connectivity index (χ1n) is 6.76. The maximum absolute atomic E-state index is 8.76. The molecule has 0 amide bonds. The summed E-state index contributed by atoms with van der Waals surface area (Å²) < 4.78 is 0. The van der Waals surface area contributed by atoms with Crippen molar-refractivity contribution in [3.05, 3.63) is 11.9 Å². The molecular weight excluding hydrogens is 242 g/mol. The van der Waals surface area contributed by atoms with Gasteiger partial charge in [-0.15, -0.1) is 0 Å². The summed E-state index contributed by atoms with van der Waals surface area (Å²) >= 11 is 0. The van der Waals surface area contributed by atoms with Crippen molar-refractivity contribution >= 4 is 11.6 Å². The summed E-state index contributed by atoms with van der Waals surface area (Å²) in [7, 11) is 2.01. The first kappa shape index (κ1) is 15.7. The molecule has 1 heterocycles. The molecule has 0 fully saturated rings. The van der Waals surface area contributed by atoms with Crippen LogP contribution in [0.3, 0.4) is 0 Å². The van der Waals surface area contributed by atoms with Gasteiger partial charge in [0.15, 0.2) is 0 Å². The molecule has 0 unspecified atom stereocenters. The minimum absolute atomic E-state index is 0.259. The number of anilines is 2. The van der Waals surface area contributed by atoms with Gasteiger partial charge >= 0.3 is 0 Å². The van der Waals surface area contributed by atoms with E-state index in [0.717, 1.165) is 37.4 Å². The van der Waals surface area contributed by atoms with Crippen LogP contribution in [0.15, 0.2) is 6.07 Å². The SMILES string of the molecule is CC(C)c1nc(NN)cc(N(C)CCCCCO)n1. The van der Waals surface area contributed by atoms with E-state index in [1.165, 1.54) is 0 Å². The third-order valence-corrected chi connectivity index (χ3v) is 2.94. The van der Waals surface area contributed by atoms with E-state index >= 15 is 0 Å². The molecule has 1 aromatic heterocycles. The minimum atomic E-state index is 0.259. The van der Waals surface area contributed by atoms with Crippen LogP contribution < -0.4 is 16.2 Å². The van der Waals surface area contributed by atoms with Crippen molar-refractivity contribution in [2.24, 2.45) is 5.84 Å². The maximum Gasteiger partial charge on any atom is 0.145 e. The summed E-state index contributed by atoms with van der Waals surface area (Å²) in [5.41, 5.74) is 2.58. The van der Waals surface area contributed by atoms with Gasteiger partial charge in [0.1, 0.15) is 17.5 Å². The molecule has 0 saturated heterocycles. The van der Waals surface area contributed by atoms with Gasteiger partial charge in [-0.2, -0.15) is 0 Å². The monoisotopic (exact) mass is 267 g/mol. The topological polar surface area (TPSA) is 87.3 Å². The number of aliphatic hydroxyl groups excluding tert-OH is 1. The lowest BCUT2D eigenvalue weighted by molar-refractivity contribution is 0.283. The van der Waals surface area contributed by atoms with Crippen LogP contribution in [0.1, 0.15) is 44.9 Å². The lowest BCUT2D eigenvalue weighted by atomic mass is 10.2. The number of nitrogens with two attached hydrogens (primary N) is 1. The number of aromatic nitrogens is 2. The van der Waals surface area contributed by atoms with Gasteiger partial charge in [-0.05, 0) is 19.3 Å². The molecule has 0 saturated carbocycles. The number of hydrogen-bond donors (Lipinski definition) is 3. The zero-order chi connectivity index (χ0) is 14.3. The van der Waals surface area contributed by atoms with E-state index < -0.39 is 0 Å². The van der Waals surface area contributed by atoms with E-state index in [1.807, 2.05) is 13.1 Å². The Hall–Kier alpha value is -1.40. The second kappa shape index (κ2) is 7.91. The van der Waals surface area contributed by atoms with Gasteiger partial charge in [0.2, 0.25) is 0 Å². The van der Waals surface area contributed by atoms with E-state index in [0.29, 0.717) is 5.82 Å². The van der Waals surface area contributed by atoms with Crippen molar-refractivity contribution < 1.29 is 5.11 Å². The van der Waals surface area contributed by atoms with Gasteiger partial charge in [0, 0.05) is 32.2 Å². The number of hydrogen-bond acceptors (Lipinski definition) is 6. The molecule has 6 heteroatoms. The summed E-state index contributed by atoms with van der Waals surface area (Å²) in [5, 5.41) is 8.76. The fraction of sp³-hybridized carbons (Fsp3) is 0.692. The molecule has 0 atom stereocenters. The Labute approximate surface area is 115 Å². The van der Waals surface area contributed by atoms with Crippen molar-refractivity contribution in [3.63, 3.8) is 0 Å². The highest BCUT2D eigenvalue weighted by Crippen LogP contribution is 2.19. The van der Waals surface area contributed by atoms with Crippen molar-refractivity contribution in [2.75, 3.05) is 30.5 Å². The van der Waals surface area contributed by atoms with E-state index in [-0.39, 0.29) is 12.5 Å². The highest BCUT2D eigenvalue weighted by Gasteiger charge is 2.10. The van der Waals surface area contributed by atoms with Gasteiger partial charge in [-0.1, -0.05) is 13.8 Å². The molecule has 6 nitrogen and oxygen atoms in total. The molecule has 0 aliphatic carbocycles. The Balaban J connectivity index is 2.72. The van der Waals surface area contributed by atoms with Gasteiger partial charge in [0.25, 0.3) is 0 Å². The standard InChI is InChI=1S/C13H25N5O/c1-10(2)13-15-11(17-14)9-12(16-13)18(3)7-5-4-6-8-19/h9-10,19H,4-8,14H2,1-3H3,(H,15,16,17). The molecule has 19 heavy (non-hydrogen) atoms. The predicted molar refractivity (Wildman–Crippen MR) is 78.1 cm³/mol.